The molecule has 1 amide bonds. The van der Waals surface area contributed by atoms with E-state index in [2.05, 4.69) is 21.2 Å². The van der Waals surface area contributed by atoms with Crippen LogP contribution >= 0.6 is 38.9 Å². The van der Waals surface area contributed by atoms with Gasteiger partial charge in [0, 0.05) is 20.8 Å². The summed E-state index contributed by atoms with van der Waals surface area (Å²) in [5.41, 5.74) is -0.185. The van der Waals surface area contributed by atoms with Gasteiger partial charge in [0.2, 0.25) is 0 Å². The molecule has 1 heterocycles. The Balaban J connectivity index is 2.13. The molecule has 0 fully saturated rings. The fourth-order valence-corrected chi connectivity index (χ4v) is 3.22. The number of rotatable bonds is 4. The first-order valence-electron chi connectivity index (χ1n) is 5.43. The lowest BCUT2D eigenvalue weighted by atomic mass is 10.2. The number of carbonyl (C=O) groups is 1. The maximum Gasteiger partial charge on any atom is 0.288 e. The Hall–Kier alpha value is -1.44. The molecule has 0 saturated heterocycles. The van der Waals surface area contributed by atoms with Crippen LogP contribution in [0.25, 0.3) is 0 Å². The Bertz CT molecular complexity index is 674. The van der Waals surface area contributed by atoms with Gasteiger partial charge in [0.15, 0.2) is 0 Å². The van der Waals surface area contributed by atoms with Crippen molar-refractivity contribution in [3.8, 4) is 0 Å². The fourth-order valence-electron chi connectivity index (χ4n) is 1.55. The van der Waals surface area contributed by atoms with Gasteiger partial charge in [0.05, 0.1) is 17.0 Å². The molecule has 0 aliphatic rings. The Kier molecular flexibility index (Phi) is 4.74. The van der Waals surface area contributed by atoms with Gasteiger partial charge < -0.3 is 5.32 Å². The van der Waals surface area contributed by atoms with E-state index in [0.29, 0.717) is 6.54 Å². The lowest BCUT2D eigenvalue weighted by Crippen LogP contribution is -2.22. The first-order chi connectivity index (χ1) is 9.49. The summed E-state index contributed by atoms with van der Waals surface area (Å²) >= 11 is 10.7. The Morgan fingerprint density at radius 2 is 2.25 bits per heavy atom. The number of amides is 1. The molecule has 20 heavy (non-hydrogen) atoms. The van der Waals surface area contributed by atoms with Crippen molar-refractivity contribution >= 4 is 50.5 Å². The standard InChI is InChI=1S/C12H8BrClN2O3S/c13-7-4-8(20-6-7)5-15-12(17)9-2-1-3-10(11(9)14)16(18)19/h1-4,6H,5H2,(H,15,17). The van der Waals surface area contributed by atoms with E-state index in [-0.39, 0.29) is 16.3 Å². The van der Waals surface area contributed by atoms with Crippen molar-refractivity contribution in [2.24, 2.45) is 0 Å². The molecule has 1 N–H and O–H groups in total. The van der Waals surface area contributed by atoms with Crippen LogP contribution in [0, 0.1) is 10.1 Å². The fraction of sp³-hybridized carbons (Fsp3) is 0.0833. The Morgan fingerprint density at radius 1 is 1.50 bits per heavy atom. The normalized spacial score (nSPS) is 10.3. The third-order valence-corrected chi connectivity index (χ3v) is 4.56. The van der Waals surface area contributed by atoms with Crippen molar-refractivity contribution in [3.05, 3.63) is 59.7 Å². The van der Waals surface area contributed by atoms with E-state index in [1.165, 1.54) is 29.5 Å². The molecule has 0 aliphatic heterocycles. The third kappa shape index (κ3) is 3.36. The van der Waals surface area contributed by atoms with Crippen molar-refractivity contribution < 1.29 is 9.72 Å². The molecule has 8 heteroatoms. The van der Waals surface area contributed by atoms with Gasteiger partial charge in [0.1, 0.15) is 5.02 Å². The van der Waals surface area contributed by atoms with Gasteiger partial charge in [-0.3, -0.25) is 14.9 Å². The van der Waals surface area contributed by atoms with Gasteiger partial charge in [-0.15, -0.1) is 11.3 Å². The average Bonchev–Trinajstić information content (AvgIpc) is 2.81. The number of thiophene rings is 1. The zero-order valence-corrected chi connectivity index (χ0v) is 13.1. The van der Waals surface area contributed by atoms with E-state index < -0.39 is 10.8 Å². The van der Waals surface area contributed by atoms with Gasteiger partial charge in [0.25, 0.3) is 11.6 Å². The number of hydrogen-bond donors (Lipinski definition) is 1. The summed E-state index contributed by atoms with van der Waals surface area (Å²) in [6.45, 7) is 0.341. The van der Waals surface area contributed by atoms with Crippen molar-refractivity contribution in [2.45, 2.75) is 6.54 Å². The zero-order valence-electron chi connectivity index (χ0n) is 9.93. The number of hydrogen-bond acceptors (Lipinski definition) is 4. The molecular weight excluding hydrogens is 368 g/mol. The predicted molar refractivity (Wildman–Crippen MR) is 81.3 cm³/mol. The minimum absolute atomic E-state index is 0.0940. The SMILES string of the molecule is O=C(NCc1cc(Br)cs1)c1cccc([N+](=O)[O-])c1Cl. The summed E-state index contributed by atoms with van der Waals surface area (Å²) in [4.78, 5) is 23.1. The molecule has 5 nitrogen and oxygen atoms in total. The van der Waals surface area contributed by atoms with E-state index in [0.717, 1.165) is 9.35 Å². The molecule has 0 bridgehead atoms. The molecular formula is C12H8BrClN2O3S. The van der Waals surface area contributed by atoms with Gasteiger partial charge in [-0.05, 0) is 28.1 Å². The molecule has 0 unspecified atom stereocenters. The summed E-state index contributed by atoms with van der Waals surface area (Å²) in [6, 6.07) is 6.03. The van der Waals surface area contributed by atoms with Gasteiger partial charge in [-0.1, -0.05) is 17.7 Å². The Morgan fingerprint density at radius 3 is 2.85 bits per heavy atom. The van der Waals surface area contributed by atoms with Crippen molar-refractivity contribution in [1.29, 1.82) is 0 Å². The summed E-state index contributed by atoms with van der Waals surface area (Å²) < 4.78 is 0.945. The lowest BCUT2D eigenvalue weighted by Gasteiger charge is -2.05. The van der Waals surface area contributed by atoms with Crippen molar-refractivity contribution in [3.63, 3.8) is 0 Å². The Labute approximate surface area is 131 Å². The van der Waals surface area contributed by atoms with Crippen LogP contribution in [0.2, 0.25) is 5.02 Å². The largest absolute Gasteiger partial charge is 0.347 e. The maximum atomic E-state index is 12.0. The van der Waals surface area contributed by atoms with Crippen LogP contribution in [0.1, 0.15) is 15.2 Å². The van der Waals surface area contributed by atoms with Crippen molar-refractivity contribution in [2.75, 3.05) is 0 Å². The van der Waals surface area contributed by atoms with E-state index in [4.69, 9.17) is 11.6 Å². The molecule has 104 valence electrons. The molecule has 0 radical (unpaired) electrons. The van der Waals surface area contributed by atoms with E-state index >= 15 is 0 Å². The number of carbonyl (C=O) groups excluding carboxylic acids is 1. The predicted octanol–water partition coefficient (Wildman–Crippen LogP) is 4.00. The lowest BCUT2D eigenvalue weighted by molar-refractivity contribution is -0.384. The summed E-state index contributed by atoms with van der Waals surface area (Å²) in [5, 5.41) is 15.2. The minimum Gasteiger partial charge on any atom is -0.347 e. The second kappa shape index (κ2) is 6.34. The van der Waals surface area contributed by atoms with Gasteiger partial charge in [-0.25, -0.2) is 0 Å². The van der Waals surface area contributed by atoms with E-state index in [1.54, 1.807) is 0 Å². The van der Waals surface area contributed by atoms with E-state index in [1.807, 2.05) is 11.4 Å². The number of halogens is 2. The first kappa shape index (κ1) is 15.0. The van der Waals surface area contributed by atoms with Crippen LogP contribution in [-0.2, 0) is 6.54 Å². The van der Waals surface area contributed by atoms with Crippen LogP contribution in [0.4, 0.5) is 5.69 Å². The molecule has 2 rings (SSSR count). The van der Waals surface area contributed by atoms with E-state index in [9.17, 15) is 14.9 Å². The first-order valence-corrected chi connectivity index (χ1v) is 7.48. The number of nitro groups is 1. The molecule has 2 aromatic rings. The van der Waals surface area contributed by atoms with Gasteiger partial charge in [-0.2, -0.15) is 0 Å². The molecule has 1 aromatic heterocycles. The summed E-state index contributed by atoms with van der Waals surface area (Å²) in [5.74, 6) is -0.441. The van der Waals surface area contributed by atoms with Crippen LogP contribution < -0.4 is 5.32 Å². The van der Waals surface area contributed by atoms with Crippen LogP contribution in [0.15, 0.2) is 34.1 Å². The number of nitrogens with one attached hydrogen (secondary N) is 1. The quantitative estimate of drug-likeness (QED) is 0.648. The van der Waals surface area contributed by atoms with Crippen molar-refractivity contribution in [1.82, 2.24) is 5.32 Å². The summed E-state index contributed by atoms with van der Waals surface area (Å²) in [6.07, 6.45) is 0. The number of nitro benzene ring substituents is 1. The van der Waals surface area contributed by atoms with Gasteiger partial charge >= 0.3 is 0 Å². The smallest absolute Gasteiger partial charge is 0.288 e. The monoisotopic (exact) mass is 374 g/mol. The maximum absolute atomic E-state index is 12.0. The van der Waals surface area contributed by atoms with Crippen LogP contribution in [0.3, 0.4) is 0 Å². The summed E-state index contributed by atoms with van der Waals surface area (Å²) in [7, 11) is 0. The minimum atomic E-state index is -0.616. The number of benzene rings is 1. The molecule has 0 atom stereocenters. The molecule has 0 aliphatic carbocycles. The molecule has 0 saturated carbocycles. The third-order valence-electron chi connectivity index (χ3n) is 2.46. The highest BCUT2D eigenvalue weighted by atomic mass is 79.9. The number of nitrogens with zero attached hydrogens (tertiary/aromatic N) is 1. The van der Waals surface area contributed by atoms with Crippen LogP contribution in [0.5, 0.6) is 0 Å². The zero-order chi connectivity index (χ0) is 14.7. The highest BCUT2D eigenvalue weighted by Crippen LogP contribution is 2.27. The highest BCUT2D eigenvalue weighted by molar-refractivity contribution is 9.10. The molecule has 0 spiro atoms. The second-order valence-corrected chi connectivity index (χ2v) is 6.10. The topological polar surface area (TPSA) is 72.2 Å². The average molecular weight is 376 g/mol. The second-order valence-electron chi connectivity index (χ2n) is 3.81. The highest BCUT2D eigenvalue weighted by Gasteiger charge is 2.19. The van der Waals surface area contributed by atoms with Crippen LogP contribution in [-0.4, -0.2) is 10.8 Å². The molecule has 1 aromatic carbocycles.